The third kappa shape index (κ3) is 2.54. The van der Waals surface area contributed by atoms with Gasteiger partial charge in [0.25, 0.3) is 0 Å². The zero-order valence-electron chi connectivity index (χ0n) is 11.4. The Labute approximate surface area is 105 Å². The van der Waals surface area contributed by atoms with E-state index in [1.807, 2.05) is 0 Å². The van der Waals surface area contributed by atoms with E-state index in [-0.39, 0.29) is 0 Å². The SMILES string of the molecule is CCNC(CC)C(C)n1cnc2c1CCCC2. The van der Waals surface area contributed by atoms with E-state index < -0.39 is 0 Å². The van der Waals surface area contributed by atoms with Crippen molar-refractivity contribution < 1.29 is 0 Å². The standard InChI is InChI=1S/C14H25N3/c1-4-12(15-5-2)11(3)17-10-16-13-8-6-7-9-14(13)17/h10-12,15H,4-9H2,1-3H3. The molecule has 0 bridgehead atoms. The molecule has 17 heavy (non-hydrogen) atoms. The van der Waals surface area contributed by atoms with Crippen LogP contribution in [0.4, 0.5) is 0 Å². The van der Waals surface area contributed by atoms with Crippen LogP contribution >= 0.6 is 0 Å². The number of nitrogens with one attached hydrogen (secondary N) is 1. The third-order valence-corrected chi connectivity index (χ3v) is 3.99. The van der Waals surface area contributed by atoms with Crippen molar-refractivity contribution in [3.63, 3.8) is 0 Å². The number of aryl methyl sites for hydroxylation is 1. The van der Waals surface area contributed by atoms with Crippen LogP contribution in [0.5, 0.6) is 0 Å². The first-order valence-electron chi connectivity index (χ1n) is 7.05. The number of nitrogens with zero attached hydrogens (tertiary/aromatic N) is 2. The summed E-state index contributed by atoms with van der Waals surface area (Å²) in [6, 6.07) is 1.06. The molecule has 2 unspecified atom stereocenters. The van der Waals surface area contributed by atoms with Crippen molar-refractivity contribution in [1.29, 1.82) is 0 Å². The number of aromatic nitrogens is 2. The molecular formula is C14H25N3. The van der Waals surface area contributed by atoms with E-state index in [9.17, 15) is 0 Å². The predicted octanol–water partition coefficient (Wildman–Crippen LogP) is 2.71. The predicted molar refractivity (Wildman–Crippen MR) is 71.3 cm³/mol. The van der Waals surface area contributed by atoms with Crippen molar-refractivity contribution >= 4 is 0 Å². The molecule has 0 amide bonds. The highest BCUT2D eigenvalue weighted by atomic mass is 15.1. The molecule has 0 saturated heterocycles. The van der Waals surface area contributed by atoms with E-state index in [1.54, 1.807) is 0 Å². The Morgan fingerprint density at radius 3 is 2.82 bits per heavy atom. The Balaban J connectivity index is 2.18. The van der Waals surface area contributed by atoms with Gasteiger partial charge in [0.15, 0.2) is 0 Å². The zero-order valence-corrected chi connectivity index (χ0v) is 11.4. The van der Waals surface area contributed by atoms with Crippen molar-refractivity contribution in [2.45, 2.75) is 65.0 Å². The fourth-order valence-electron chi connectivity index (χ4n) is 2.96. The first-order chi connectivity index (χ1) is 8.27. The molecule has 1 N–H and O–H groups in total. The Bertz CT molecular complexity index is 356. The largest absolute Gasteiger partial charge is 0.330 e. The summed E-state index contributed by atoms with van der Waals surface area (Å²) in [7, 11) is 0. The molecule has 3 heteroatoms. The molecule has 0 aromatic carbocycles. The summed E-state index contributed by atoms with van der Waals surface area (Å²) < 4.78 is 2.41. The van der Waals surface area contributed by atoms with Crippen LogP contribution in [0.1, 0.15) is 57.5 Å². The van der Waals surface area contributed by atoms with Gasteiger partial charge in [0.1, 0.15) is 0 Å². The van der Waals surface area contributed by atoms with Gasteiger partial charge in [-0.05, 0) is 45.6 Å². The summed E-state index contributed by atoms with van der Waals surface area (Å²) in [5.41, 5.74) is 2.83. The highest BCUT2D eigenvalue weighted by Crippen LogP contribution is 2.24. The normalized spacial score (nSPS) is 18.8. The number of rotatable bonds is 5. The maximum Gasteiger partial charge on any atom is 0.0954 e. The molecule has 3 nitrogen and oxygen atoms in total. The van der Waals surface area contributed by atoms with E-state index in [0.29, 0.717) is 12.1 Å². The molecule has 0 spiro atoms. The van der Waals surface area contributed by atoms with Crippen molar-refractivity contribution in [1.82, 2.24) is 14.9 Å². The van der Waals surface area contributed by atoms with Crippen molar-refractivity contribution in [2.24, 2.45) is 0 Å². The summed E-state index contributed by atoms with van der Waals surface area (Å²) in [6.45, 7) is 7.79. The van der Waals surface area contributed by atoms with Crippen molar-refractivity contribution in [3.05, 3.63) is 17.7 Å². The van der Waals surface area contributed by atoms with E-state index in [0.717, 1.165) is 6.54 Å². The lowest BCUT2D eigenvalue weighted by atomic mass is 9.99. The minimum Gasteiger partial charge on any atom is -0.330 e. The highest BCUT2D eigenvalue weighted by molar-refractivity contribution is 5.17. The van der Waals surface area contributed by atoms with E-state index >= 15 is 0 Å². The summed E-state index contributed by atoms with van der Waals surface area (Å²) in [4.78, 5) is 4.59. The van der Waals surface area contributed by atoms with Crippen LogP contribution in [-0.4, -0.2) is 22.1 Å². The lowest BCUT2D eigenvalue weighted by Gasteiger charge is -2.27. The molecule has 0 aliphatic heterocycles. The van der Waals surface area contributed by atoms with Gasteiger partial charge in [-0.2, -0.15) is 0 Å². The number of hydrogen-bond acceptors (Lipinski definition) is 2. The van der Waals surface area contributed by atoms with E-state index in [1.165, 1.54) is 43.5 Å². The fraction of sp³-hybridized carbons (Fsp3) is 0.786. The van der Waals surface area contributed by atoms with Crippen LogP contribution < -0.4 is 5.32 Å². The van der Waals surface area contributed by atoms with E-state index in [2.05, 4.69) is 42.0 Å². The van der Waals surface area contributed by atoms with Crippen molar-refractivity contribution in [3.8, 4) is 0 Å². The quantitative estimate of drug-likeness (QED) is 0.850. The average Bonchev–Trinajstić information content (AvgIpc) is 2.79. The number of likely N-dealkylation sites (N-methyl/N-ethyl adjacent to an activating group) is 1. The van der Waals surface area contributed by atoms with Gasteiger partial charge >= 0.3 is 0 Å². The smallest absolute Gasteiger partial charge is 0.0954 e. The van der Waals surface area contributed by atoms with Crippen molar-refractivity contribution in [2.75, 3.05) is 6.54 Å². The Morgan fingerprint density at radius 2 is 2.12 bits per heavy atom. The molecule has 96 valence electrons. The zero-order chi connectivity index (χ0) is 12.3. The first kappa shape index (κ1) is 12.6. The molecule has 0 radical (unpaired) electrons. The molecule has 0 saturated carbocycles. The summed E-state index contributed by atoms with van der Waals surface area (Å²) >= 11 is 0. The van der Waals surface area contributed by atoms with Gasteiger partial charge in [0, 0.05) is 17.8 Å². The van der Waals surface area contributed by atoms with Gasteiger partial charge in [-0.15, -0.1) is 0 Å². The number of imidazole rings is 1. The average molecular weight is 235 g/mol. The Morgan fingerprint density at radius 1 is 1.35 bits per heavy atom. The molecule has 1 heterocycles. The second-order valence-electron chi connectivity index (χ2n) is 5.07. The second-order valence-corrected chi connectivity index (χ2v) is 5.07. The maximum atomic E-state index is 4.59. The molecule has 2 rings (SSSR count). The first-order valence-corrected chi connectivity index (χ1v) is 7.05. The Hall–Kier alpha value is -0.830. The van der Waals surface area contributed by atoms with Crippen LogP contribution in [0.15, 0.2) is 6.33 Å². The van der Waals surface area contributed by atoms with Gasteiger partial charge in [-0.25, -0.2) is 4.98 Å². The van der Waals surface area contributed by atoms with Crippen LogP contribution in [0.2, 0.25) is 0 Å². The topological polar surface area (TPSA) is 29.9 Å². The van der Waals surface area contributed by atoms with E-state index in [4.69, 9.17) is 0 Å². The summed E-state index contributed by atoms with van der Waals surface area (Å²) in [6.07, 6.45) is 8.24. The van der Waals surface area contributed by atoms with Crippen LogP contribution in [-0.2, 0) is 12.8 Å². The van der Waals surface area contributed by atoms with Gasteiger partial charge in [-0.3, -0.25) is 0 Å². The van der Waals surface area contributed by atoms with Crippen LogP contribution in [0.3, 0.4) is 0 Å². The van der Waals surface area contributed by atoms with Crippen LogP contribution in [0, 0.1) is 0 Å². The van der Waals surface area contributed by atoms with Gasteiger partial charge < -0.3 is 9.88 Å². The van der Waals surface area contributed by atoms with Gasteiger partial charge in [-0.1, -0.05) is 13.8 Å². The van der Waals surface area contributed by atoms with Gasteiger partial charge in [0.2, 0.25) is 0 Å². The molecule has 1 aromatic rings. The maximum absolute atomic E-state index is 4.59. The minimum absolute atomic E-state index is 0.509. The summed E-state index contributed by atoms with van der Waals surface area (Å²) in [5.74, 6) is 0. The van der Waals surface area contributed by atoms with Gasteiger partial charge in [0.05, 0.1) is 12.0 Å². The molecule has 0 fully saturated rings. The monoisotopic (exact) mass is 235 g/mol. The molecular weight excluding hydrogens is 210 g/mol. The van der Waals surface area contributed by atoms with Crippen LogP contribution in [0.25, 0.3) is 0 Å². The molecule has 1 aliphatic carbocycles. The molecule has 1 aromatic heterocycles. The highest BCUT2D eigenvalue weighted by Gasteiger charge is 2.22. The Kier molecular flexibility index (Phi) is 4.21. The number of hydrogen-bond donors (Lipinski definition) is 1. The summed E-state index contributed by atoms with van der Waals surface area (Å²) in [5, 5.41) is 3.58. The molecule has 1 aliphatic rings. The number of fused-ring (bicyclic) bond motifs is 1. The fourth-order valence-corrected chi connectivity index (χ4v) is 2.96. The minimum atomic E-state index is 0.509. The lowest BCUT2D eigenvalue weighted by molar-refractivity contribution is 0.358. The third-order valence-electron chi connectivity index (χ3n) is 3.99. The lowest BCUT2D eigenvalue weighted by Crippen LogP contribution is -2.36. The second kappa shape index (κ2) is 5.67. The molecule has 2 atom stereocenters.